The third-order valence-corrected chi connectivity index (χ3v) is 4.69. The maximum Gasteiger partial charge on any atom is 0.283 e. The maximum absolute atomic E-state index is 12.9. The van der Waals surface area contributed by atoms with Crippen molar-refractivity contribution in [2.75, 3.05) is 18.3 Å². The lowest BCUT2D eigenvalue weighted by atomic mass is 10.1. The van der Waals surface area contributed by atoms with Crippen molar-refractivity contribution in [3.63, 3.8) is 0 Å². The largest absolute Gasteiger partial charge is 0.495 e. The Balaban J connectivity index is 1.98. The molecule has 25 heavy (non-hydrogen) atoms. The highest BCUT2D eigenvalue weighted by Crippen LogP contribution is 2.33. The quantitative estimate of drug-likeness (QED) is 0.729. The van der Waals surface area contributed by atoms with Crippen molar-refractivity contribution in [1.29, 1.82) is 0 Å². The van der Waals surface area contributed by atoms with Crippen LogP contribution in [0.5, 0.6) is 5.75 Å². The molecule has 0 unspecified atom stereocenters. The molecule has 128 valence electrons. The van der Waals surface area contributed by atoms with E-state index in [1.54, 1.807) is 36.3 Å². The first-order valence-corrected chi connectivity index (χ1v) is 9.23. The fourth-order valence-electron chi connectivity index (χ4n) is 2.57. The molecule has 0 fully saturated rings. The van der Waals surface area contributed by atoms with Gasteiger partial charge in [0.05, 0.1) is 17.8 Å². The summed E-state index contributed by atoms with van der Waals surface area (Å²) in [7, 11) is 1.55. The molecule has 6 heteroatoms. The van der Waals surface area contributed by atoms with Crippen LogP contribution >= 0.6 is 23.4 Å². The second kappa shape index (κ2) is 7.33. The number of hydrogen-bond acceptors (Lipinski definition) is 4. The number of carbonyl (C=O) groups excluding carboxylic acids is 1. The van der Waals surface area contributed by atoms with Crippen LogP contribution < -0.4 is 9.64 Å². The Labute approximate surface area is 156 Å². The number of nitrogens with zero attached hydrogens (tertiary/aromatic N) is 2. The molecule has 1 aliphatic heterocycles. The zero-order valence-corrected chi connectivity index (χ0v) is 15.7. The van der Waals surface area contributed by atoms with Crippen molar-refractivity contribution in [1.82, 2.24) is 0 Å². The van der Waals surface area contributed by atoms with E-state index < -0.39 is 0 Å². The summed E-state index contributed by atoms with van der Waals surface area (Å²) >= 11 is 7.62. The van der Waals surface area contributed by atoms with E-state index in [2.05, 4.69) is 4.99 Å². The van der Waals surface area contributed by atoms with Gasteiger partial charge in [-0.15, -0.1) is 0 Å². The fraction of sp³-hybridized carbons (Fsp3) is 0.158. The Bertz CT molecular complexity index is 893. The van der Waals surface area contributed by atoms with Crippen LogP contribution in [-0.2, 0) is 4.79 Å². The number of aliphatic imine (C=N–C) groups is 1. The normalized spacial score (nSPS) is 15.7. The van der Waals surface area contributed by atoms with Crippen molar-refractivity contribution < 1.29 is 9.53 Å². The molecule has 0 N–H and O–H groups in total. The van der Waals surface area contributed by atoms with E-state index in [1.807, 2.05) is 37.4 Å². The Hall–Kier alpha value is -2.24. The van der Waals surface area contributed by atoms with Crippen LogP contribution in [0.3, 0.4) is 0 Å². The van der Waals surface area contributed by atoms with Gasteiger partial charge in [0.1, 0.15) is 11.4 Å². The number of hydrogen-bond donors (Lipinski definition) is 0. The van der Waals surface area contributed by atoms with Gasteiger partial charge in [0.2, 0.25) is 0 Å². The summed E-state index contributed by atoms with van der Waals surface area (Å²) in [5.74, 6) is 0.391. The van der Waals surface area contributed by atoms with E-state index in [0.29, 0.717) is 27.3 Å². The second-order valence-corrected chi connectivity index (χ2v) is 6.68. The fourth-order valence-corrected chi connectivity index (χ4v) is 3.39. The van der Waals surface area contributed by atoms with E-state index in [1.165, 1.54) is 11.8 Å². The summed E-state index contributed by atoms with van der Waals surface area (Å²) in [6, 6.07) is 13.2. The number of aryl methyl sites for hydroxylation is 1. The number of amidine groups is 1. The molecule has 1 heterocycles. The highest BCUT2D eigenvalue weighted by atomic mass is 35.5. The van der Waals surface area contributed by atoms with Crippen molar-refractivity contribution in [3.8, 4) is 5.75 Å². The van der Waals surface area contributed by atoms with Crippen LogP contribution in [0, 0.1) is 6.92 Å². The summed E-state index contributed by atoms with van der Waals surface area (Å²) < 4.78 is 5.17. The van der Waals surface area contributed by atoms with Crippen molar-refractivity contribution in [3.05, 3.63) is 64.3 Å². The second-order valence-electron chi connectivity index (χ2n) is 5.50. The smallest absolute Gasteiger partial charge is 0.283 e. The van der Waals surface area contributed by atoms with Crippen LogP contribution in [0.4, 0.5) is 5.69 Å². The predicted octanol–water partition coefficient (Wildman–Crippen LogP) is 4.76. The summed E-state index contributed by atoms with van der Waals surface area (Å²) in [4.78, 5) is 18.9. The van der Waals surface area contributed by atoms with Crippen molar-refractivity contribution in [2.45, 2.75) is 6.92 Å². The Morgan fingerprint density at radius 2 is 2.04 bits per heavy atom. The van der Waals surface area contributed by atoms with Gasteiger partial charge in [-0.05, 0) is 43.0 Å². The lowest BCUT2D eigenvalue weighted by Gasteiger charge is -2.17. The van der Waals surface area contributed by atoms with Crippen LogP contribution in [0.25, 0.3) is 6.08 Å². The van der Waals surface area contributed by atoms with Gasteiger partial charge >= 0.3 is 0 Å². The topological polar surface area (TPSA) is 41.9 Å². The number of benzene rings is 2. The van der Waals surface area contributed by atoms with Crippen molar-refractivity contribution >= 4 is 46.2 Å². The van der Waals surface area contributed by atoms with Crippen molar-refractivity contribution in [2.24, 2.45) is 4.99 Å². The van der Waals surface area contributed by atoms with E-state index >= 15 is 0 Å². The number of carbonyl (C=O) groups is 1. The predicted molar refractivity (Wildman–Crippen MR) is 106 cm³/mol. The highest BCUT2D eigenvalue weighted by molar-refractivity contribution is 8.13. The van der Waals surface area contributed by atoms with E-state index in [0.717, 1.165) is 11.1 Å². The third-order valence-electron chi connectivity index (χ3n) is 3.75. The number of ether oxygens (including phenoxy) is 1. The molecule has 0 bridgehead atoms. The minimum atomic E-state index is -0.174. The van der Waals surface area contributed by atoms with E-state index in [4.69, 9.17) is 16.3 Å². The average Bonchev–Trinajstić information content (AvgIpc) is 2.90. The van der Waals surface area contributed by atoms with Gasteiger partial charge in [-0.1, -0.05) is 53.2 Å². The molecule has 0 aliphatic carbocycles. The minimum absolute atomic E-state index is 0.174. The van der Waals surface area contributed by atoms with Gasteiger partial charge in [-0.25, -0.2) is 4.99 Å². The molecule has 1 amide bonds. The monoisotopic (exact) mass is 372 g/mol. The lowest BCUT2D eigenvalue weighted by Crippen LogP contribution is -2.30. The average molecular weight is 373 g/mol. The number of amides is 1. The first-order chi connectivity index (χ1) is 12.0. The summed E-state index contributed by atoms with van der Waals surface area (Å²) in [6.45, 7) is 2.01. The molecule has 1 aliphatic rings. The van der Waals surface area contributed by atoms with E-state index in [9.17, 15) is 4.79 Å². The molecule has 3 rings (SSSR count). The first-order valence-electron chi connectivity index (χ1n) is 7.62. The number of rotatable bonds is 3. The molecule has 0 saturated heterocycles. The van der Waals surface area contributed by atoms with Crippen LogP contribution in [-0.4, -0.2) is 24.4 Å². The minimum Gasteiger partial charge on any atom is -0.495 e. The van der Waals surface area contributed by atoms with Gasteiger partial charge in [-0.3, -0.25) is 9.69 Å². The maximum atomic E-state index is 12.9. The highest BCUT2D eigenvalue weighted by Gasteiger charge is 2.31. The standard InChI is InChI=1S/C19H17ClN2O2S/c1-12-5-4-6-13(9-12)10-16-18(23)22(19(21-16)25-3)14-7-8-17(24-2)15(20)11-14/h4-11H,1-3H3/b16-10-. The van der Waals surface area contributed by atoms with Crippen LogP contribution in [0.2, 0.25) is 5.02 Å². The number of anilines is 1. The number of halogens is 1. The molecule has 0 saturated carbocycles. The molecule has 0 radical (unpaired) electrons. The zero-order chi connectivity index (χ0) is 18.0. The summed E-state index contributed by atoms with van der Waals surface area (Å²) in [5.41, 5.74) is 3.15. The Kier molecular flexibility index (Phi) is 5.16. The molecular formula is C19H17ClN2O2S. The number of methoxy groups -OCH3 is 1. The van der Waals surface area contributed by atoms with Gasteiger partial charge in [0.15, 0.2) is 5.17 Å². The molecule has 2 aromatic carbocycles. The first kappa shape index (κ1) is 17.6. The molecule has 2 aromatic rings. The third kappa shape index (κ3) is 3.57. The van der Waals surface area contributed by atoms with Gasteiger partial charge in [0, 0.05) is 0 Å². The van der Waals surface area contributed by atoms with Gasteiger partial charge in [0.25, 0.3) is 5.91 Å². The van der Waals surface area contributed by atoms with E-state index in [-0.39, 0.29) is 5.91 Å². The van der Waals surface area contributed by atoms with Gasteiger partial charge < -0.3 is 4.74 Å². The summed E-state index contributed by atoms with van der Waals surface area (Å²) in [6.07, 6.45) is 3.69. The molecule has 0 spiro atoms. The molecule has 0 aromatic heterocycles. The molecule has 0 atom stereocenters. The van der Waals surface area contributed by atoms with Gasteiger partial charge in [-0.2, -0.15) is 0 Å². The van der Waals surface area contributed by atoms with Crippen LogP contribution in [0.15, 0.2) is 53.2 Å². The summed E-state index contributed by atoms with van der Waals surface area (Å²) in [5, 5.41) is 1.06. The Morgan fingerprint density at radius 1 is 1.24 bits per heavy atom. The zero-order valence-electron chi connectivity index (χ0n) is 14.1. The SMILES string of the molecule is COc1ccc(N2C(=O)/C(=C/c3cccc(C)c3)N=C2SC)cc1Cl. The van der Waals surface area contributed by atoms with Crippen LogP contribution in [0.1, 0.15) is 11.1 Å². The molecular weight excluding hydrogens is 356 g/mol. The molecule has 4 nitrogen and oxygen atoms in total. The Morgan fingerprint density at radius 3 is 2.68 bits per heavy atom. The lowest BCUT2D eigenvalue weighted by molar-refractivity contribution is -0.113. The number of thioether (sulfide) groups is 1.